The highest BCUT2D eigenvalue weighted by atomic mass is 16.4. The second-order valence-corrected chi connectivity index (χ2v) is 3.77. The highest BCUT2D eigenvalue weighted by molar-refractivity contribution is 6.18. The molecule has 0 aliphatic carbocycles. The molecule has 0 spiro atoms. The number of aliphatic carboxylic acids is 1. The van der Waals surface area contributed by atoms with Gasteiger partial charge < -0.3 is 18.4 Å². The Kier molecular flexibility index (Phi) is 2.92. The average Bonchev–Trinajstić information content (AvgIpc) is 3.16. The number of carbonyl (C=O) groups is 1. The predicted molar refractivity (Wildman–Crippen MR) is 66.2 cm³/mol. The molecule has 0 unspecified atom stereocenters. The molecule has 20 heavy (non-hydrogen) atoms. The molecule has 0 saturated heterocycles. The molecule has 100 valence electrons. The summed E-state index contributed by atoms with van der Waals surface area (Å²) < 4.78 is 15.5. The van der Waals surface area contributed by atoms with Crippen LogP contribution in [0.2, 0.25) is 0 Å². The normalized spacial score (nSPS) is 11.7. The minimum Gasteiger partial charge on any atom is -0.477 e. The topological polar surface area (TPSA) is 102 Å². The summed E-state index contributed by atoms with van der Waals surface area (Å²) in [6.07, 6.45) is 4.20. The van der Waals surface area contributed by atoms with Crippen LogP contribution < -0.4 is 0 Å². The number of carboxylic acids is 1. The lowest BCUT2D eigenvalue weighted by molar-refractivity contribution is -0.130. The van der Waals surface area contributed by atoms with Crippen molar-refractivity contribution in [2.45, 2.75) is 0 Å². The Bertz CT molecular complexity index is 738. The summed E-state index contributed by atoms with van der Waals surface area (Å²) in [7, 11) is 0. The van der Waals surface area contributed by atoms with E-state index in [-0.39, 0.29) is 17.4 Å². The molecule has 0 bridgehead atoms. The van der Waals surface area contributed by atoms with Crippen molar-refractivity contribution in [2.75, 3.05) is 0 Å². The summed E-state index contributed by atoms with van der Waals surface area (Å²) in [5.74, 6) is -0.473. The Morgan fingerprint density at radius 2 is 1.95 bits per heavy atom. The molecule has 3 heterocycles. The van der Waals surface area contributed by atoms with Gasteiger partial charge in [-0.15, -0.1) is 10.2 Å². The van der Waals surface area contributed by atoms with Crippen molar-refractivity contribution in [3.05, 3.63) is 48.4 Å². The van der Waals surface area contributed by atoms with Gasteiger partial charge in [-0.2, -0.15) is 0 Å². The van der Waals surface area contributed by atoms with Crippen LogP contribution in [0.5, 0.6) is 0 Å². The molecule has 0 aromatic carbocycles. The molecule has 3 aromatic rings. The van der Waals surface area contributed by atoms with Crippen molar-refractivity contribution in [1.29, 1.82) is 0 Å². The molecule has 0 saturated carbocycles. The molecule has 7 heteroatoms. The van der Waals surface area contributed by atoms with E-state index < -0.39 is 5.97 Å². The highest BCUT2D eigenvalue weighted by Gasteiger charge is 2.20. The number of aromatic nitrogens is 2. The van der Waals surface area contributed by atoms with E-state index in [1.165, 1.54) is 18.6 Å². The van der Waals surface area contributed by atoms with Crippen molar-refractivity contribution in [2.24, 2.45) is 0 Å². The lowest BCUT2D eigenvalue weighted by Gasteiger charge is -1.94. The number of nitrogens with zero attached hydrogens (tertiary/aromatic N) is 2. The molecule has 3 aromatic heterocycles. The van der Waals surface area contributed by atoms with Gasteiger partial charge in [-0.05, 0) is 24.3 Å². The van der Waals surface area contributed by atoms with Gasteiger partial charge in [0.2, 0.25) is 0 Å². The standard InChI is InChI=1S/C13H8N2O5/c16-13(17)9(7-8-3-1-5-18-8)11-14-15-12(20-11)10-4-2-6-19-10/h1-7H,(H,16,17)/b9-7-. The smallest absolute Gasteiger partial charge is 0.341 e. The quantitative estimate of drug-likeness (QED) is 0.728. The van der Waals surface area contributed by atoms with Gasteiger partial charge in [0.25, 0.3) is 11.8 Å². The van der Waals surface area contributed by atoms with Crippen LogP contribution in [-0.2, 0) is 4.79 Å². The first kappa shape index (κ1) is 12.0. The summed E-state index contributed by atoms with van der Waals surface area (Å²) in [5.41, 5.74) is -0.162. The molecular formula is C13H8N2O5. The Morgan fingerprint density at radius 1 is 1.15 bits per heavy atom. The van der Waals surface area contributed by atoms with Gasteiger partial charge in [-0.25, -0.2) is 4.79 Å². The predicted octanol–water partition coefficient (Wildman–Crippen LogP) is 2.55. The maximum atomic E-state index is 11.3. The van der Waals surface area contributed by atoms with E-state index in [0.29, 0.717) is 11.5 Å². The van der Waals surface area contributed by atoms with E-state index in [1.807, 2.05) is 0 Å². The lowest BCUT2D eigenvalue weighted by atomic mass is 10.2. The van der Waals surface area contributed by atoms with Crippen LogP contribution in [0.25, 0.3) is 23.3 Å². The minimum absolute atomic E-state index is 0.108. The van der Waals surface area contributed by atoms with Crippen molar-refractivity contribution in [3.63, 3.8) is 0 Å². The van der Waals surface area contributed by atoms with Crippen LogP contribution >= 0.6 is 0 Å². The monoisotopic (exact) mass is 272 g/mol. The van der Waals surface area contributed by atoms with Gasteiger partial charge in [0.05, 0.1) is 12.5 Å². The Morgan fingerprint density at radius 3 is 2.60 bits per heavy atom. The van der Waals surface area contributed by atoms with Crippen molar-refractivity contribution >= 4 is 17.6 Å². The molecule has 0 atom stereocenters. The van der Waals surface area contributed by atoms with Gasteiger partial charge >= 0.3 is 5.97 Å². The fraction of sp³-hybridized carbons (Fsp3) is 0. The molecule has 1 N–H and O–H groups in total. The summed E-state index contributed by atoms with van der Waals surface area (Å²) in [5, 5.41) is 16.7. The molecule has 0 aliphatic heterocycles. The van der Waals surface area contributed by atoms with E-state index in [2.05, 4.69) is 10.2 Å². The molecule has 0 radical (unpaired) electrons. The van der Waals surface area contributed by atoms with Crippen LogP contribution in [-0.4, -0.2) is 21.3 Å². The number of furan rings is 2. The highest BCUT2D eigenvalue weighted by Crippen LogP contribution is 2.23. The van der Waals surface area contributed by atoms with E-state index in [0.717, 1.165) is 0 Å². The Hall–Kier alpha value is -3.09. The fourth-order valence-electron chi connectivity index (χ4n) is 1.56. The minimum atomic E-state index is -1.20. The first-order chi connectivity index (χ1) is 9.74. The molecule has 7 nitrogen and oxygen atoms in total. The van der Waals surface area contributed by atoms with E-state index in [9.17, 15) is 9.90 Å². The van der Waals surface area contributed by atoms with Gasteiger partial charge in [0.15, 0.2) is 5.76 Å². The summed E-state index contributed by atoms with van der Waals surface area (Å²) in [6.45, 7) is 0. The zero-order valence-corrected chi connectivity index (χ0v) is 10.0. The summed E-state index contributed by atoms with van der Waals surface area (Å²) >= 11 is 0. The van der Waals surface area contributed by atoms with Gasteiger partial charge in [0, 0.05) is 6.08 Å². The van der Waals surface area contributed by atoms with Gasteiger partial charge in [-0.3, -0.25) is 0 Å². The number of carboxylic acid groups (broad SMARTS) is 1. The molecule has 0 amide bonds. The van der Waals surface area contributed by atoms with E-state index >= 15 is 0 Å². The van der Waals surface area contributed by atoms with Crippen LogP contribution in [0.3, 0.4) is 0 Å². The Labute approximate surface area is 112 Å². The number of hydrogen-bond donors (Lipinski definition) is 1. The third kappa shape index (κ3) is 2.24. The van der Waals surface area contributed by atoms with Gasteiger partial charge in [-0.1, -0.05) is 0 Å². The maximum Gasteiger partial charge on any atom is 0.341 e. The lowest BCUT2D eigenvalue weighted by Crippen LogP contribution is -1.99. The molecule has 3 rings (SSSR count). The SMILES string of the molecule is O=C(O)/C(=C\c1ccco1)c1nnc(-c2ccco2)o1. The maximum absolute atomic E-state index is 11.3. The Balaban J connectivity index is 1.99. The molecular weight excluding hydrogens is 264 g/mol. The van der Waals surface area contributed by atoms with Crippen molar-refractivity contribution in [3.8, 4) is 11.7 Å². The van der Waals surface area contributed by atoms with Crippen LogP contribution in [0.15, 0.2) is 50.0 Å². The van der Waals surface area contributed by atoms with Crippen LogP contribution in [0, 0.1) is 0 Å². The van der Waals surface area contributed by atoms with Crippen molar-refractivity contribution in [1.82, 2.24) is 10.2 Å². The first-order valence-electron chi connectivity index (χ1n) is 5.60. The van der Waals surface area contributed by atoms with E-state index in [4.69, 9.17) is 13.3 Å². The largest absolute Gasteiger partial charge is 0.477 e. The molecule has 0 aliphatic rings. The zero-order valence-electron chi connectivity index (χ0n) is 10.0. The third-order valence-electron chi connectivity index (χ3n) is 2.45. The molecule has 0 fully saturated rings. The second-order valence-electron chi connectivity index (χ2n) is 3.77. The van der Waals surface area contributed by atoms with E-state index in [1.54, 1.807) is 24.3 Å². The zero-order chi connectivity index (χ0) is 13.9. The van der Waals surface area contributed by atoms with Crippen LogP contribution in [0.4, 0.5) is 0 Å². The van der Waals surface area contributed by atoms with Crippen LogP contribution in [0.1, 0.15) is 11.7 Å². The van der Waals surface area contributed by atoms with Crippen molar-refractivity contribution < 1.29 is 23.2 Å². The second kappa shape index (κ2) is 4.88. The first-order valence-corrected chi connectivity index (χ1v) is 5.60. The number of hydrogen-bond acceptors (Lipinski definition) is 6. The fourth-order valence-corrected chi connectivity index (χ4v) is 1.56. The summed E-state index contributed by atoms with van der Waals surface area (Å²) in [6, 6.07) is 6.56. The number of rotatable bonds is 4. The third-order valence-corrected chi connectivity index (χ3v) is 2.45. The van der Waals surface area contributed by atoms with Gasteiger partial charge in [0.1, 0.15) is 11.3 Å². The average molecular weight is 272 g/mol. The summed E-state index contributed by atoms with van der Waals surface area (Å²) in [4.78, 5) is 11.3.